The molecule has 0 spiro atoms. The summed E-state index contributed by atoms with van der Waals surface area (Å²) in [5.41, 5.74) is 0.263. The van der Waals surface area contributed by atoms with Gasteiger partial charge in [-0.15, -0.1) is 10.2 Å². The largest absolute Gasteiger partial charge is 0.495 e. The summed E-state index contributed by atoms with van der Waals surface area (Å²) in [6.07, 6.45) is 3.37. The van der Waals surface area contributed by atoms with Gasteiger partial charge in [-0.1, -0.05) is 0 Å². The van der Waals surface area contributed by atoms with Crippen LogP contribution in [0.5, 0.6) is 17.4 Å². The Hall–Kier alpha value is -3.99. The second kappa shape index (κ2) is 8.40. The summed E-state index contributed by atoms with van der Waals surface area (Å²) in [5.74, 6) is 0.562. The highest BCUT2D eigenvalue weighted by molar-refractivity contribution is 7.92. The maximum Gasteiger partial charge on any atom is 0.265 e. The van der Waals surface area contributed by atoms with Crippen LogP contribution in [0.1, 0.15) is 0 Å². The molecule has 0 aliphatic carbocycles. The van der Waals surface area contributed by atoms with E-state index in [1.165, 1.54) is 25.3 Å². The first-order valence-electron chi connectivity index (χ1n) is 8.93. The minimum Gasteiger partial charge on any atom is -0.495 e. The van der Waals surface area contributed by atoms with Gasteiger partial charge in [-0.05, 0) is 54.6 Å². The molecule has 2 aromatic carbocycles. The molecule has 0 amide bonds. The van der Waals surface area contributed by atoms with Crippen LogP contribution < -0.4 is 14.2 Å². The molecule has 31 heavy (non-hydrogen) atoms. The van der Waals surface area contributed by atoms with Gasteiger partial charge in [0.1, 0.15) is 22.2 Å². The van der Waals surface area contributed by atoms with Gasteiger partial charge in [0.15, 0.2) is 5.82 Å². The predicted molar refractivity (Wildman–Crippen MR) is 109 cm³/mol. The third-order valence-electron chi connectivity index (χ3n) is 4.11. The number of sulfonamides is 1. The van der Waals surface area contributed by atoms with Crippen LogP contribution >= 0.6 is 0 Å². The minimum atomic E-state index is -4.06. The molecule has 9 nitrogen and oxygen atoms in total. The molecule has 2 aromatic heterocycles. The van der Waals surface area contributed by atoms with E-state index >= 15 is 0 Å². The predicted octanol–water partition coefficient (Wildman–Crippen LogP) is 3.40. The van der Waals surface area contributed by atoms with Gasteiger partial charge in [0.25, 0.3) is 10.0 Å². The van der Waals surface area contributed by atoms with Crippen molar-refractivity contribution in [1.29, 1.82) is 0 Å². The lowest BCUT2D eigenvalue weighted by molar-refractivity contribution is 0.401. The number of nitrogens with one attached hydrogen (secondary N) is 1. The Morgan fingerprint density at radius 2 is 1.84 bits per heavy atom. The van der Waals surface area contributed by atoms with Crippen molar-refractivity contribution in [2.24, 2.45) is 0 Å². The Morgan fingerprint density at radius 3 is 2.48 bits per heavy atom. The third kappa shape index (κ3) is 4.61. The molecule has 0 bridgehead atoms. The van der Waals surface area contributed by atoms with Crippen molar-refractivity contribution < 1.29 is 22.3 Å². The van der Waals surface area contributed by atoms with E-state index in [1.54, 1.807) is 47.4 Å². The molecule has 0 saturated heterocycles. The van der Waals surface area contributed by atoms with Gasteiger partial charge < -0.3 is 9.47 Å². The number of nitrogens with zero attached hydrogens (tertiary/aromatic N) is 4. The van der Waals surface area contributed by atoms with Crippen LogP contribution in [0.3, 0.4) is 0 Å². The van der Waals surface area contributed by atoms with Crippen LogP contribution in [0.4, 0.5) is 10.1 Å². The molecule has 158 valence electrons. The molecule has 2 heterocycles. The standard InChI is InChI=1S/C20H16FN5O4S/c1-29-17-8-3-14(21)13-18(17)31(27,28)25-15-4-6-16(7-5-15)30-20-10-9-19(23-24-20)26-12-2-11-22-26/h2-13,25H,1H3. The molecule has 4 rings (SSSR count). The zero-order chi connectivity index (χ0) is 21.8. The van der Waals surface area contributed by atoms with Crippen LogP contribution in [0.25, 0.3) is 5.82 Å². The lowest BCUT2D eigenvalue weighted by Gasteiger charge is -2.12. The summed E-state index contributed by atoms with van der Waals surface area (Å²) in [6, 6.07) is 14.5. The molecule has 0 unspecified atom stereocenters. The van der Waals surface area contributed by atoms with Gasteiger partial charge in [-0.25, -0.2) is 17.5 Å². The maximum atomic E-state index is 13.5. The van der Waals surface area contributed by atoms with Crippen molar-refractivity contribution in [2.45, 2.75) is 4.90 Å². The zero-order valence-corrected chi connectivity index (χ0v) is 17.0. The monoisotopic (exact) mass is 441 g/mol. The summed E-state index contributed by atoms with van der Waals surface area (Å²) in [6.45, 7) is 0. The average Bonchev–Trinajstić information content (AvgIpc) is 3.30. The summed E-state index contributed by atoms with van der Waals surface area (Å²) in [5, 5.41) is 12.1. The molecule has 1 N–H and O–H groups in total. The Kier molecular flexibility index (Phi) is 5.50. The molecule has 0 atom stereocenters. The van der Waals surface area contributed by atoms with Gasteiger partial charge in [0.2, 0.25) is 5.88 Å². The smallest absolute Gasteiger partial charge is 0.265 e. The lowest BCUT2D eigenvalue weighted by atomic mass is 10.3. The van der Waals surface area contributed by atoms with Crippen LogP contribution in [-0.2, 0) is 10.0 Å². The van der Waals surface area contributed by atoms with Crippen molar-refractivity contribution in [3.63, 3.8) is 0 Å². The van der Waals surface area contributed by atoms with E-state index in [-0.39, 0.29) is 22.2 Å². The van der Waals surface area contributed by atoms with Crippen molar-refractivity contribution in [1.82, 2.24) is 20.0 Å². The number of hydrogen-bond acceptors (Lipinski definition) is 7. The molecular weight excluding hydrogens is 425 g/mol. The normalized spacial score (nSPS) is 11.2. The van der Waals surface area contributed by atoms with Gasteiger partial charge in [0, 0.05) is 24.1 Å². The number of methoxy groups -OCH3 is 1. The van der Waals surface area contributed by atoms with E-state index in [4.69, 9.17) is 9.47 Å². The molecule has 0 aliphatic rings. The van der Waals surface area contributed by atoms with E-state index < -0.39 is 15.8 Å². The second-order valence-electron chi connectivity index (χ2n) is 6.21. The summed E-state index contributed by atoms with van der Waals surface area (Å²) >= 11 is 0. The first kappa shape index (κ1) is 20.3. The maximum absolute atomic E-state index is 13.5. The van der Waals surface area contributed by atoms with Crippen LogP contribution in [0.15, 0.2) is 78.0 Å². The van der Waals surface area contributed by atoms with Crippen molar-refractivity contribution in [3.8, 4) is 23.2 Å². The van der Waals surface area contributed by atoms with E-state index in [9.17, 15) is 12.8 Å². The van der Waals surface area contributed by atoms with Crippen molar-refractivity contribution in [2.75, 3.05) is 11.8 Å². The zero-order valence-electron chi connectivity index (χ0n) is 16.1. The SMILES string of the molecule is COc1ccc(F)cc1S(=O)(=O)Nc1ccc(Oc2ccc(-n3cccn3)nn2)cc1. The van der Waals surface area contributed by atoms with Gasteiger partial charge in [0.05, 0.1) is 7.11 Å². The van der Waals surface area contributed by atoms with Crippen LogP contribution in [0.2, 0.25) is 0 Å². The Bertz CT molecular complexity index is 1280. The number of rotatable bonds is 7. The minimum absolute atomic E-state index is 0.0333. The summed E-state index contributed by atoms with van der Waals surface area (Å²) in [7, 11) is -2.75. The molecule has 0 fully saturated rings. The van der Waals surface area contributed by atoms with Crippen molar-refractivity contribution >= 4 is 15.7 Å². The highest BCUT2D eigenvalue weighted by atomic mass is 32.2. The number of hydrogen-bond donors (Lipinski definition) is 1. The number of anilines is 1. The summed E-state index contributed by atoms with van der Waals surface area (Å²) in [4.78, 5) is -0.303. The van der Waals surface area contributed by atoms with E-state index in [0.29, 0.717) is 11.6 Å². The quantitative estimate of drug-likeness (QED) is 0.468. The Balaban J connectivity index is 1.46. The van der Waals surface area contributed by atoms with Gasteiger partial charge >= 0.3 is 0 Å². The fraction of sp³-hybridized carbons (Fsp3) is 0.0500. The highest BCUT2D eigenvalue weighted by Crippen LogP contribution is 2.28. The molecule has 4 aromatic rings. The fourth-order valence-electron chi connectivity index (χ4n) is 2.68. The van der Waals surface area contributed by atoms with Gasteiger partial charge in [-0.2, -0.15) is 5.10 Å². The number of halogens is 1. The van der Waals surface area contributed by atoms with Crippen LogP contribution in [0, 0.1) is 5.82 Å². The first-order valence-corrected chi connectivity index (χ1v) is 10.4. The molecule has 0 radical (unpaired) electrons. The summed E-state index contributed by atoms with van der Waals surface area (Å²) < 4.78 is 53.4. The number of ether oxygens (including phenoxy) is 2. The average molecular weight is 441 g/mol. The fourth-order valence-corrected chi connectivity index (χ4v) is 3.92. The van der Waals surface area contributed by atoms with Crippen molar-refractivity contribution in [3.05, 3.63) is 78.9 Å². The first-order chi connectivity index (χ1) is 14.9. The van der Waals surface area contributed by atoms with Crippen LogP contribution in [-0.4, -0.2) is 35.5 Å². The number of aromatic nitrogens is 4. The van der Waals surface area contributed by atoms with E-state index in [2.05, 4.69) is 20.0 Å². The lowest BCUT2D eigenvalue weighted by Crippen LogP contribution is -2.14. The third-order valence-corrected chi connectivity index (χ3v) is 5.51. The molecule has 0 saturated carbocycles. The van der Waals surface area contributed by atoms with E-state index in [0.717, 1.165) is 12.1 Å². The highest BCUT2D eigenvalue weighted by Gasteiger charge is 2.20. The topological polar surface area (TPSA) is 108 Å². The Morgan fingerprint density at radius 1 is 1.03 bits per heavy atom. The van der Waals surface area contributed by atoms with E-state index in [1.807, 2.05) is 0 Å². The molecule has 11 heteroatoms. The molecule has 0 aliphatic heterocycles. The number of benzene rings is 2. The second-order valence-corrected chi connectivity index (χ2v) is 7.86. The Labute approximate surface area is 177 Å². The molecular formula is C20H16FN5O4S. The van der Waals surface area contributed by atoms with Gasteiger partial charge in [-0.3, -0.25) is 4.72 Å².